The molecule has 4 heteroatoms. The quantitative estimate of drug-likeness (QED) is 0.606. The van der Waals surface area contributed by atoms with E-state index in [0.717, 1.165) is 5.57 Å². The lowest BCUT2D eigenvalue weighted by Gasteiger charge is -2.07. The normalized spacial score (nSPS) is 19.1. The van der Waals surface area contributed by atoms with Gasteiger partial charge in [0.2, 0.25) is 0 Å². The first-order chi connectivity index (χ1) is 5.79. The van der Waals surface area contributed by atoms with E-state index >= 15 is 0 Å². The summed E-state index contributed by atoms with van der Waals surface area (Å²) in [7, 11) is 1.55. The lowest BCUT2D eigenvalue weighted by molar-refractivity contribution is 0.0652. The second-order valence-electron chi connectivity index (χ2n) is 2.30. The third-order valence-electron chi connectivity index (χ3n) is 1.44. The van der Waals surface area contributed by atoms with Gasteiger partial charge in [-0.25, -0.2) is 0 Å². The molecule has 0 aromatic heterocycles. The van der Waals surface area contributed by atoms with E-state index in [2.05, 4.69) is 10.2 Å². The predicted molar refractivity (Wildman–Crippen MR) is 44.3 cm³/mol. The summed E-state index contributed by atoms with van der Waals surface area (Å²) in [4.78, 5) is 0. The van der Waals surface area contributed by atoms with Crippen LogP contribution in [-0.2, 0) is 9.47 Å². The van der Waals surface area contributed by atoms with Crippen molar-refractivity contribution < 1.29 is 9.47 Å². The van der Waals surface area contributed by atoms with Crippen LogP contribution in [0.2, 0.25) is 0 Å². The van der Waals surface area contributed by atoms with E-state index in [1.54, 1.807) is 13.3 Å². The topological polar surface area (TPSA) is 43.2 Å². The van der Waals surface area contributed by atoms with Gasteiger partial charge in [0.25, 0.3) is 0 Å². The van der Waals surface area contributed by atoms with Crippen molar-refractivity contribution in [1.29, 1.82) is 0 Å². The second kappa shape index (κ2) is 3.90. The van der Waals surface area contributed by atoms with Crippen LogP contribution in [0, 0.1) is 0 Å². The van der Waals surface area contributed by atoms with Gasteiger partial charge < -0.3 is 9.47 Å². The van der Waals surface area contributed by atoms with Gasteiger partial charge in [-0.15, -0.1) is 5.11 Å². The number of hydrogen-bond acceptors (Lipinski definition) is 4. The fraction of sp³-hybridized carbons (Fsp3) is 0.500. The Bertz CT molecular complexity index is 254. The van der Waals surface area contributed by atoms with Crippen molar-refractivity contribution in [3.8, 4) is 0 Å². The van der Waals surface area contributed by atoms with E-state index in [9.17, 15) is 0 Å². The Morgan fingerprint density at radius 1 is 1.58 bits per heavy atom. The van der Waals surface area contributed by atoms with Crippen molar-refractivity contribution >= 4 is 0 Å². The molecule has 0 aliphatic carbocycles. The molecule has 0 aromatic rings. The molecule has 12 heavy (non-hydrogen) atoms. The third-order valence-corrected chi connectivity index (χ3v) is 1.44. The predicted octanol–water partition coefficient (Wildman–Crippen LogP) is 2.21. The second-order valence-corrected chi connectivity index (χ2v) is 2.30. The molecule has 0 saturated carbocycles. The Hall–Kier alpha value is -1.32. The summed E-state index contributed by atoms with van der Waals surface area (Å²) in [6.45, 7) is 4.37. The minimum absolute atomic E-state index is 0.438. The van der Waals surface area contributed by atoms with Crippen LogP contribution in [0.1, 0.15) is 13.8 Å². The number of nitrogens with zero attached hydrogens (tertiary/aromatic N) is 2. The van der Waals surface area contributed by atoms with Crippen LogP contribution in [0.25, 0.3) is 0 Å². The molecular formula is C8H12N2O2. The molecule has 0 spiro atoms. The largest absolute Gasteiger partial charge is 0.467 e. The van der Waals surface area contributed by atoms with Crippen LogP contribution < -0.4 is 0 Å². The molecule has 0 bridgehead atoms. The van der Waals surface area contributed by atoms with Crippen LogP contribution in [0.15, 0.2) is 33.6 Å². The zero-order valence-corrected chi connectivity index (χ0v) is 7.50. The molecule has 0 atom stereocenters. The SMILES string of the molecule is CCOC(OC)=C1N=NC=C1C. The molecule has 1 rings (SSSR count). The van der Waals surface area contributed by atoms with Gasteiger partial charge in [-0.2, -0.15) is 5.11 Å². The van der Waals surface area contributed by atoms with E-state index in [-0.39, 0.29) is 0 Å². The summed E-state index contributed by atoms with van der Waals surface area (Å²) in [5.41, 5.74) is 1.64. The van der Waals surface area contributed by atoms with Crippen molar-refractivity contribution in [1.82, 2.24) is 0 Å². The molecule has 1 aliphatic heterocycles. The molecule has 1 aliphatic rings. The van der Waals surface area contributed by atoms with Crippen LogP contribution in [0.4, 0.5) is 0 Å². The maximum absolute atomic E-state index is 5.21. The zero-order valence-electron chi connectivity index (χ0n) is 7.50. The molecule has 66 valence electrons. The molecule has 0 unspecified atom stereocenters. The third kappa shape index (κ3) is 1.64. The Kier molecular flexibility index (Phi) is 2.85. The smallest absolute Gasteiger partial charge is 0.308 e. The molecule has 0 fully saturated rings. The number of hydrogen-bond donors (Lipinski definition) is 0. The number of rotatable bonds is 3. The maximum atomic E-state index is 5.21. The van der Waals surface area contributed by atoms with Crippen molar-refractivity contribution in [2.75, 3.05) is 13.7 Å². The highest BCUT2D eigenvalue weighted by molar-refractivity contribution is 5.30. The van der Waals surface area contributed by atoms with Crippen molar-refractivity contribution in [2.45, 2.75) is 13.8 Å². The lowest BCUT2D eigenvalue weighted by atomic mass is 10.3. The summed E-state index contributed by atoms with van der Waals surface area (Å²) in [6, 6.07) is 0. The van der Waals surface area contributed by atoms with E-state index in [0.29, 0.717) is 18.2 Å². The van der Waals surface area contributed by atoms with Crippen molar-refractivity contribution in [3.63, 3.8) is 0 Å². The number of methoxy groups -OCH3 is 1. The van der Waals surface area contributed by atoms with Crippen molar-refractivity contribution in [3.05, 3.63) is 23.4 Å². The molecule has 0 radical (unpaired) electrons. The number of ether oxygens (including phenoxy) is 2. The van der Waals surface area contributed by atoms with E-state index in [4.69, 9.17) is 9.47 Å². The first kappa shape index (κ1) is 8.77. The zero-order chi connectivity index (χ0) is 8.97. The fourth-order valence-electron chi connectivity index (χ4n) is 0.870. The Morgan fingerprint density at radius 2 is 2.33 bits per heavy atom. The summed E-state index contributed by atoms with van der Waals surface area (Å²) in [5, 5.41) is 7.61. The van der Waals surface area contributed by atoms with Crippen LogP contribution in [-0.4, -0.2) is 13.7 Å². The highest BCUT2D eigenvalue weighted by Gasteiger charge is 2.13. The van der Waals surface area contributed by atoms with Gasteiger partial charge >= 0.3 is 5.95 Å². The van der Waals surface area contributed by atoms with Crippen LogP contribution in [0.3, 0.4) is 0 Å². The van der Waals surface area contributed by atoms with Crippen LogP contribution in [0.5, 0.6) is 0 Å². The van der Waals surface area contributed by atoms with Gasteiger partial charge in [0.05, 0.1) is 19.9 Å². The van der Waals surface area contributed by atoms with Gasteiger partial charge in [-0.1, -0.05) is 0 Å². The Balaban J connectivity index is 2.85. The standard InChI is InChI=1S/C8H12N2O2/c1-4-12-8(11-3)7-6(2)5-9-10-7/h5H,4H2,1-3H3. The van der Waals surface area contributed by atoms with E-state index < -0.39 is 0 Å². The fourth-order valence-corrected chi connectivity index (χ4v) is 0.870. The summed E-state index contributed by atoms with van der Waals surface area (Å²) >= 11 is 0. The molecule has 0 amide bonds. The average Bonchev–Trinajstić information content (AvgIpc) is 2.47. The van der Waals surface area contributed by atoms with E-state index in [1.807, 2.05) is 13.8 Å². The van der Waals surface area contributed by atoms with Gasteiger partial charge in [-0.3, -0.25) is 0 Å². The molecule has 1 heterocycles. The number of azo groups is 1. The van der Waals surface area contributed by atoms with Gasteiger partial charge in [-0.05, 0) is 13.8 Å². The maximum Gasteiger partial charge on any atom is 0.308 e. The Labute approximate surface area is 71.6 Å². The molecule has 4 nitrogen and oxygen atoms in total. The lowest BCUT2D eigenvalue weighted by Crippen LogP contribution is -1.98. The van der Waals surface area contributed by atoms with Gasteiger partial charge in [0.1, 0.15) is 0 Å². The first-order valence-electron chi connectivity index (χ1n) is 3.78. The van der Waals surface area contributed by atoms with Gasteiger partial charge in [0.15, 0.2) is 5.70 Å². The summed E-state index contributed by atoms with van der Waals surface area (Å²) in [5.74, 6) is 0.438. The monoisotopic (exact) mass is 168 g/mol. The molecular weight excluding hydrogens is 156 g/mol. The highest BCUT2D eigenvalue weighted by atomic mass is 16.7. The minimum Gasteiger partial charge on any atom is -0.467 e. The molecule has 0 saturated heterocycles. The Morgan fingerprint density at radius 3 is 2.75 bits per heavy atom. The van der Waals surface area contributed by atoms with Gasteiger partial charge in [0, 0.05) is 5.57 Å². The minimum atomic E-state index is 0.438. The summed E-state index contributed by atoms with van der Waals surface area (Å²) in [6.07, 6.45) is 1.67. The molecule has 0 aromatic carbocycles. The molecule has 0 N–H and O–H groups in total. The van der Waals surface area contributed by atoms with Crippen LogP contribution >= 0.6 is 0 Å². The van der Waals surface area contributed by atoms with Crippen molar-refractivity contribution in [2.24, 2.45) is 10.2 Å². The number of allylic oxidation sites excluding steroid dienone is 1. The summed E-state index contributed by atoms with van der Waals surface area (Å²) < 4.78 is 10.2. The van der Waals surface area contributed by atoms with E-state index in [1.165, 1.54) is 0 Å². The average molecular weight is 168 g/mol. The first-order valence-corrected chi connectivity index (χ1v) is 3.78. The highest BCUT2D eigenvalue weighted by Crippen LogP contribution is 2.22.